The summed E-state index contributed by atoms with van der Waals surface area (Å²) in [6.45, 7) is 5.16. The molecule has 0 saturated heterocycles. The van der Waals surface area contributed by atoms with Gasteiger partial charge < -0.3 is 15.0 Å². The number of hydrogen-bond donors (Lipinski definition) is 1. The molecule has 30 heavy (non-hydrogen) atoms. The molecule has 0 unspecified atom stereocenters. The highest BCUT2D eigenvalue weighted by Gasteiger charge is 2.29. The predicted molar refractivity (Wildman–Crippen MR) is 115 cm³/mol. The highest BCUT2D eigenvalue weighted by molar-refractivity contribution is 5.93. The van der Waals surface area contributed by atoms with Crippen LogP contribution in [0.4, 0.5) is 5.69 Å². The van der Waals surface area contributed by atoms with Crippen molar-refractivity contribution in [2.45, 2.75) is 39.2 Å². The van der Waals surface area contributed by atoms with Crippen molar-refractivity contribution in [1.82, 2.24) is 4.90 Å². The van der Waals surface area contributed by atoms with Gasteiger partial charge in [0, 0.05) is 18.8 Å². The summed E-state index contributed by atoms with van der Waals surface area (Å²) in [5.41, 5.74) is 3.56. The minimum absolute atomic E-state index is 0.0310. The van der Waals surface area contributed by atoms with E-state index in [1.165, 1.54) is 11.8 Å². The van der Waals surface area contributed by atoms with Crippen LogP contribution in [0.2, 0.25) is 0 Å². The van der Waals surface area contributed by atoms with Crippen molar-refractivity contribution in [2.24, 2.45) is 0 Å². The second-order valence-corrected chi connectivity index (χ2v) is 7.54. The van der Waals surface area contributed by atoms with E-state index in [4.69, 9.17) is 4.74 Å². The molecule has 1 aliphatic heterocycles. The molecule has 0 bridgehead atoms. The summed E-state index contributed by atoms with van der Waals surface area (Å²) in [4.78, 5) is 38.3. The van der Waals surface area contributed by atoms with Gasteiger partial charge >= 0.3 is 5.97 Å². The minimum Gasteiger partial charge on any atom is -0.455 e. The van der Waals surface area contributed by atoms with Crippen molar-refractivity contribution < 1.29 is 19.1 Å². The van der Waals surface area contributed by atoms with Gasteiger partial charge in [-0.05, 0) is 34.8 Å². The zero-order valence-electron chi connectivity index (χ0n) is 17.4. The van der Waals surface area contributed by atoms with E-state index in [9.17, 15) is 14.4 Å². The number of carbonyl (C=O) groups is 3. The molecule has 0 fully saturated rings. The Morgan fingerprint density at radius 3 is 2.50 bits per heavy atom. The van der Waals surface area contributed by atoms with Gasteiger partial charge in [-0.15, -0.1) is 0 Å². The quantitative estimate of drug-likeness (QED) is 0.728. The van der Waals surface area contributed by atoms with E-state index in [0.717, 1.165) is 16.7 Å². The molecule has 3 rings (SSSR count). The molecule has 2 aromatic carbocycles. The number of hydrogen-bond acceptors (Lipinski definition) is 4. The zero-order valence-corrected chi connectivity index (χ0v) is 17.4. The fraction of sp³-hybridized carbons (Fsp3) is 0.292. The molecule has 1 heterocycles. The average Bonchev–Trinajstić information content (AvgIpc) is 2.72. The molecule has 1 N–H and O–H groups in total. The molecule has 2 aromatic rings. The smallest absolute Gasteiger partial charge is 0.308 e. The van der Waals surface area contributed by atoms with E-state index in [1.54, 1.807) is 6.20 Å². The second-order valence-electron chi connectivity index (χ2n) is 7.54. The van der Waals surface area contributed by atoms with Crippen LogP contribution in [0.5, 0.6) is 0 Å². The third-order valence-electron chi connectivity index (χ3n) is 5.05. The summed E-state index contributed by atoms with van der Waals surface area (Å²) >= 11 is 0. The van der Waals surface area contributed by atoms with E-state index >= 15 is 0 Å². The van der Waals surface area contributed by atoms with E-state index in [1.807, 2.05) is 68.5 Å². The molecule has 6 heteroatoms. The van der Waals surface area contributed by atoms with E-state index in [2.05, 4.69) is 5.32 Å². The number of fused-ring (bicyclic) bond motifs is 1. The molecule has 6 nitrogen and oxygen atoms in total. The summed E-state index contributed by atoms with van der Waals surface area (Å²) in [6.07, 6.45) is 3.49. The molecule has 1 aliphatic rings. The van der Waals surface area contributed by atoms with Gasteiger partial charge in [0.1, 0.15) is 0 Å². The van der Waals surface area contributed by atoms with Crippen LogP contribution in [0, 0.1) is 0 Å². The van der Waals surface area contributed by atoms with E-state index < -0.39 is 17.9 Å². The number of amides is 2. The van der Waals surface area contributed by atoms with Crippen LogP contribution in [0.3, 0.4) is 0 Å². The average molecular weight is 406 g/mol. The van der Waals surface area contributed by atoms with Crippen molar-refractivity contribution in [2.75, 3.05) is 11.9 Å². The van der Waals surface area contributed by atoms with Gasteiger partial charge in [-0.1, -0.05) is 56.3 Å². The van der Waals surface area contributed by atoms with Crippen LogP contribution in [-0.2, 0) is 19.1 Å². The van der Waals surface area contributed by atoms with Gasteiger partial charge in [-0.2, -0.15) is 0 Å². The Kier molecular flexibility index (Phi) is 6.67. The van der Waals surface area contributed by atoms with Crippen molar-refractivity contribution in [3.05, 3.63) is 71.4 Å². The van der Waals surface area contributed by atoms with Crippen molar-refractivity contribution in [1.29, 1.82) is 0 Å². The van der Waals surface area contributed by atoms with Gasteiger partial charge in [0.15, 0.2) is 6.61 Å². The second kappa shape index (κ2) is 9.39. The Labute approximate surface area is 176 Å². The Morgan fingerprint density at radius 2 is 1.77 bits per heavy atom. The monoisotopic (exact) mass is 406 g/mol. The lowest BCUT2D eigenvalue weighted by molar-refractivity contribution is -0.149. The van der Waals surface area contributed by atoms with Crippen LogP contribution >= 0.6 is 0 Å². The fourth-order valence-electron chi connectivity index (χ4n) is 3.58. The Balaban J connectivity index is 1.62. The topological polar surface area (TPSA) is 75.7 Å². The van der Waals surface area contributed by atoms with Crippen LogP contribution in [0.1, 0.15) is 55.8 Å². The third-order valence-corrected chi connectivity index (χ3v) is 5.05. The van der Waals surface area contributed by atoms with Crippen LogP contribution in [0.25, 0.3) is 6.08 Å². The molecule has 1 atom stereocenters. The van der Waals surface area contributed by atoms with Crippen molar-refractivity contribution in [3.8, 4) is 0 Å². The van der Waals surface area contributed by atoms with Crippen molar-refractivity contribution in [3.63, 3.8) is 0 Å². The Hall–Kier alpha value is -3.41. The molecule has 0 aliphatic carbocycles. The van der Waals surface area contributed by atoms with Crippen LogP contribution in [0.15, 0.2) is 54.7 Å². The summed E-state index contributed by atoms with van der Waals surface area (Å²) in [6, 6.07) is 14.7. The maximum atomic E-state index is 12.5. The number of carbonyl (C=O) groups excluding carboxylic acids is 3. The number of ether oxygens (including phenoxy) is 1. The number of benzene rings is 2. The number of nitrogens with one attached hydrogen (secondary N) is 1. The molecular formula is C24H26N2O4. The molecular weight excluding hydrogens is 380 g/mol. The predicted octanol–water partition coefficient (Wildman–Crippen LogP) is 4.26. The lowest BCUT2D eigenvalue weighted by Crippen LogP contribution is -2.33. The highest BCUT2D eigenvalue weighted by atomic mass is 16.5. The van der Waals surface area contributed by atoms with Crippen LogP contribution < -0.4 is 5.32 Å². The molecule has 2 amide bonds. The number of para-hydroxylation sites is 1. The van der Waals surface area contributed by atoms with Gasteiger partial charge in [0.05, 0.1) is 12.5 Å². The molecule has 0 radical (unpaired) electrons. The molecule has 0 aromatic heterocycles. The fourth-order valence-corrected chi connectivity index (χ4v) is 3.58. The molecule has 0 spiro atoms. The highest BCUT2D eigenvalue weighted by Crippen LogP contribution is 2.33. The van der Waals surface area contributed by atoms with E-state index in [0.29, 0.717) is 5.69 Å². The van der Waals surface area contributed by atoms with E-state index in [-0.39, 0.29) is 24.9 Å². The van der Waals surface area contributed by atoms with Crippen LogP contribution in [-0.4, -0.2) is 29.3 Å². The summed E-state index contributed by atoms with van der Waals surface area (Å²) < 4.78 is 5.21. The maximum Gasteiger partial charge on any atom is 0.308 e. The van der Waals surface area contributed by atoms with Gasteiger partial charge in [0.2, 0.25) is 5.91 Å². The normalized spacial score (nSPS) is 14.9. The largest absolute Gasteiger partial charge is 0.455 e. The van der Waals surface area contributed by atoms with Crippen molar-refractivity contribution >= 4 is 29.5 Å². The number of esters is 1. The molecule has 0 saturated carbocycles. The van der Waals surface area contributed by atoms with Gasteiger partial charge in [0.25, 0.3) is 5.91 Å². The van der Waals surface area contributed by atoms with Gasteiger partial charge in [-0.3, -0.25) is 14.4 Å². The first-order valence-corrected chi connectivity index (χ1v) is 9.97. The summed E-state index contributed by atoms with van der Waals surface area (Å²) in [7, 11) is 0. The third kappa shape index (κ3) is 4.95. The summed E-state index contributed by atoms with van der Waals surface area (Å²) in [5.74, 6) is -0.852. The Morgan fingerprint density at radius 1 is 1.07 bits per heavy atom. The lowest BCUT2D eigenvalue weighted by Gasteiger charge is -2.32. The maximum absolute atomic E-state index is 12.5. The first-order chi connectivity index (χ1) is 14.4. The summed E-state index contributed by atoms with van der Waals surface area (Å²) in [5, 5.41) is 2.80. The Bertz CT molecular complexity index is 981. The number of rotatable bonds is 6. The number of anilines is 1. The first kappa shape index (κ1) is 21.3. The SMILES string of the molecule is CC(=O)N1C=Cc2ccccc2[C@H]1CC(=O)OCC(=O)Nc1ccccc1C(C)C. The van der Waals surface area contributed by atoms with Gasteiger partial charge in [-0.25, -0.2) is 0 Å². The first-order valence-electron chi connectivity index (χ1n) is 9.97. The zero-order chi connectivity index (χ0) is 21.7. The standard InChI is InChI=1S/C24H26N2O4/c1-16(2)19-9-6-7-11-21(19)25-23(28)15-30-24(29)14-22-20-10-5-4-8-18(20)12-13-26(22)17(3)27/h4-13,16,22H,14-15H2,1-3H3,(H,25,28)/t22-/m1/s1. The minimum atomic E-state index is -0.538. The number of nitrogens with zero attached hydrogens (tertiary/aromatic N) is 1. The molecule has 156 valence electrons. The lowest BCUT2D eigenvalue weighted by atomic mass is 9.94.